The highest BCUT2D eigenvalue weighted by atomic mass is 32.2. The van der Waals surface area contributed by atoms with Crippen molar-refractivity contribution < 1.29 is 13.2 Å². The zero-order valence-corrected chi connectivity index (χ0v) is 6.99. The smallest absolute Gasteiger partial charge is 0.263 e. The van der Waals surface area contributed by atoms with Crippen LogP contribution in [0, 0.1) is 10.7 Å². The molecule has 0 atom stereocenters. The molecule has 6 heteroatoms. The van der Waals surface area contributed by atoms with Crippen molar-refractivity contribution >= 4 is 11.8 Å². The third kappa shape index (κ3) is 2.63. The Morgan fingerprint density at radius 3 is 2.62 bits per heavy atom. The summed E-state index contributed by atoms with van der Waals surface area (Å²) in [4.78, 5) is 3.57. The van der Waals surface area contributed by atoms with Crippen molar-refractivity contribution in [3.05, 3.63) is 24.0 Å². The van der Waals surface area contributed by atoms with Crippen LogP contribution in [0.15, 0.2) is 23.4 Å². The lowest BCUT2D eigenvalue weighted by Crippen LogP contribution is -2.05. The molecule has 0 aliphatic heterocycles. The zero-order valence-electron chi connectivity index (χ0n) is 6.17. The molecule has 0 radical (unpaired) electrons. The quantitative estimate of drug-likeness (QED) is 0.521. The van der Waals surface area contributed by atoms with E-state index in [2.05, 4.69) is 4.98 Å². The van der Waals surface area contributed by atoms with Crippen LogP contribution in [0.2, 0.25) is 0 Å². The number of halogens is 3. The molecule has 0 spiro atoms. The predicted octanol–water partition coefficient (Wildman–Crippen LogP) is 2.67. The molecule has 0 amide bonds. The van der Waals surface area contributed by atoms with E-state index in [0.29, 0.717) is 11.8 Å². The second-order valence-corrected chi connectivity index (χ2v) is 2.96. The molecule has 0 aliphatic rings. The minimum atomic E-state index is -4.40. The lowest BCUT2D eigenvalue weighted by atomic mass is 10.3. The summed E-state index contributed by atoms with van der Waals surface area (Å²) < 4.78 is 36.2. The molecule has 0 saturated heterocycles. The van der Waals surface area contributed by atoms with E-state index >= 15 is 0 Å². The molecule has 2 nitrogen and oxygen atoms in total. The van der Waals surface area contributed by atoms with Gasteiger partial charge in [0.15, 0.2) is 0 Å². The maximum atomic E-state index is 12.1. The van der Waals surface area contributed by atoms with Crippen molar-refractivity contribution in [3.8, 4) is 5.40 Å². The number of nitrogens with zero attached hydrogens (tertiary/aromatic N) is 2. The fourth-order valence-corrected chi connectivity index (χ4v) is 1.09. The highest BCUT2D eigenvalue weighted by Crippen LogP contribution is 2.30. The fraction of sp³-hybridized carbons (Fsp3) is 0.143. The van der Waals surface area contributed by atoms with Gasteiger partial charge in [0.25, 0.3) is 0 Å². The van der Waals surface area contributed by atoms with Gasteiger partial charge in [0.2, 0.25) is 0 Å². The van der Waals surface area contributed by atoms with Gasteiger partial charge < -0.3 is 0 Å². The number of hydrogen-bond acceptors (Lipinski definition) is 3. The van der Waals surface area contributed by atoms with Gasteiger partial charge in [-0.05, 0) is 17.8 Å². The standard InChI is InChI=1S/C7H3F3N2S/c8-7(9,10)5-1-6(13-4-11)3-12-2-5/h1-3H. The summed E-state index contributed by atoms with van der Waals surface area (Å²) in [7, 11) is 0. The predicted molar refractivity (Wildman–Crippen MR) is 40.7 cm³/mol. The molecule has 0 unspecified atom stereocenters. The van der Waals surface area contributed by atoms with Crippen molar-refractivity contribution in [1.29, 1.82) is 5.26 Å². The summed E-state index contributed by atoms with van der Waals surface area (Å²) in [5.41, 5.74) is -0.840. The second-order valence-electron chi connectivity index (χ2n) is 2.10. The van der Waals surface area contributed by atoms with Gasteiger partial charge in [0.05, 0.1) is 5.56 Å². The summed E-state index contributed by atoms with van der Waals surface area (Å²) in [5, 5.41) is 9.89. The van der Waals surface area contributed by atoms with Crippen molar-refractivity contribution in [2.75, 3.05) is 0 Å². The largest absolute Gasteiger partial charge is 0.417 e. The van der Waals surface area contributed by atoms with Crippen LogP contribution in [-0.2, 0) is 6.18 Å². The highest BCUT2D eigenvalue weighted by Gasteiger charge is 2.30. The molecule has 1 aromatic heterocycles. The number of pyridine rings is 1. The topological polar surface area (TPSA) is 36.7 Å². The van der Waals surface area contributed by atoms with Gasteiger partial charge in [-0.25, -0.2) is 0 Å². The number of rotatable bonds is 1. The van der Waals surface area contributed by atoms with Crippen LogP contribution in [0.1, 0.15) is 5.56 Å². The lowest BCUT2D eigenvalue weighted by Gasteiger charge is -2.05. The van der Waals surface area contributed by atoms with Crippen LogP contribution < -0.4 is 0 Å². The van der Waals surface area contributed by atoms with Crippen molar-refractivity contribution in [2.24, 2.45) is 0 Å². The first-order chi connectivity index (χ1) is 6.04. The van der Waals surface area contributed by atoms with Gasteiger partial charge in [-0.3, -0.25) is 4.98 Å². The number of hydrogen-bond donors (Lipinski definition) is 0. The molecule has 1 heterocycles. The van der Waals surface area contributed by atoms with Gasteiger partial charge in [-0.15, -0.1) is 0 Å². The summed E-state index contributed by atoms with van der Waals surface area (Å²) >= 11 is 0.649. The molecule has 0 bridgehead atoms. The average molecular weight is 204 g/mol. The van der Waals surface area contributed by atoms with E-state index in [1.807, 2.05) is 0 Å². The van der Waals surface area contributed by atoms with E-state index < -0.39 is 11.7 Å². The molecule has 0 fully saturated rings. The van der Waals surface area contributed by atoms with Gasteiger partial charge in [0.1, 0.15) is 5.40 Å². The van der Waals surface area contributed by atoms with Crippen LogP contribution in [0.5, 0.6) is 0 Å². The Morgan fingerprint density at radius 1 is 1.38 bits per heavy atom. The summed E-state index contributed by atoms with van der Waals surface area (Å²) in [6.07, 6.45) is -2.47. The van der Waals surface area contributed by atoms with Gasteiger partial charge in [-0.2, -0.15) is 18.4 Å². The van der Waals surface area contributed by atoms with Crippen LogP contribution >= 0.6 is 11.8 Å². The van der Waals surface area contributed by atoms with Gasteiger partial charge >= 0.3 is 6.18 Å². The minimum Gasteiger partial charge on any atom is -0.263 e. The first kappa shape index (κ1) is 9.86. The highest BCUT2D eigenvalue weighted by molar-refractivity contribution is 8.03. The normalized spacial score (nSPS) is 10.9. The van der Waals surface area contributed by atoms with Crippen LogP contribution in [0.3, 0.4) is 0 Å². The summed E-state index contributed by atoms with van der Waals surface area (Å²) in [5.74, 6) is 0. The average Bonchev–Trinajstić information content (AvgIpc) is 2.04. The SMILES string of the molecule is N#CSc1cncc(C(F)(F)F)c1. The number of thioether (sulfide) groups is 1. The third-order valence-electron chi connectivity index (χ3n) is 1.20. The number of thiocyanates is 1. The third-order valence-corrected chi connectivity index (χ3v) is 1.75. The zero-order chi connectivity index (χ0) is 9.90. The molecule has 68 valence electrons. The maximum absolute atomic E-state index is 12.1. The van der Waals surface area contributed by atoms with Crippen molar-refractivity contribution in [2.45, 2.75) is 11.1 Å². The second kappa shape index (κ2) is 3.66. The van der Waals surface area contributed by atoms with Gasteiger partial charge in [0, 0.05) is 17.3 Å². The number of nitriles is 1. The van der Waals surface area contributed by atoms with Crippen LogP contribution in [0.25, 0.3) is 0 Å². The molecule has 13 heavy (non-hydrogen) atoms. The van der Waals surface area contributed by atoms with E-state index in [4.69, 9.17) is 5.26 Å². The number of aromatic nitrogens is 1. The molecule has 0 N–H and O–H groups in total. The Kier molecular flexibility index (Phi) is 2.78. The first-order valence-electron chi connectivity index (χ1n) is 3.12. The van der Waals surface area contributed by atoms with E-state index in [0.717, 1.165) is 12.3 Å². The van der Waals surface area contributed by atoms with Crippen molar-refractivity contribution in [3.63, 3.8) is 0 Å². The lowest BCUT2D eigenvalue weighted by molar-refractivity contribution is -0.138. The molecule has 0 aliphatic carbocycles. The fourth-order valence-electron chi connectivity index (χ4n) is 0.682. The minimum absolute atomic E-state index is 0.192. The first-order valence-corrected chi connectivity index (χ1v) is 3.94. The molecule has 1 aromatic rings. The molecule has 0 aromatic carbocycles. The Morgan fingerprint density at radius 2 is 2.08 bits per heavy atom. The van der Waals surface area contributed by atoms with Crippen LogP contribution in [-0.4, -0.2) is 4.98 Å². The van der Waals surface area contributed by atoms with Crippen LogP contribution in [0.4, 0.5) is 13.2 Å². The molecule has 1 rings (SSSR count). The Hall–Kier alpha value is -1.22. The van der Waals surface area contributed by atoms with Gasteiger partial charge in [-0.1, -0.05) is 0 Å². The summed E-state index contributed by atoms with van der Waals surface area (Å²) in [6.45, 7) is 0. The Bertz CT molecular complexity index is 342. The molecular formula is C7H3F3N2S. The van der Waals surface area contributed by atoms with E-state index in [-0.39, 0.29) is 4.90 Å². The maximum Gasteiger partial charge on any atom is 0.417 e. The number of alkyl halides is 3. The van der Waals surface area contributed by atoms with E-state index in [9.17, 15) is 13.2 Å². The molecule has 0 saturated carbocycles. The van der Waals surface area contributed by atoms with E-state index in [1.54, 1.807) is 5.40 Å². The monoisotopic (exact) mass is 204 g/mol. The van der Waals surface area contributed by atoms with Crippen molar-refractivity contribution in [1.82, 2.24) is 4.98 Å². The van der Waals surface area contributed by atoms with E-state index in [1.165, 1.54) is 6.20 Å². The Balaban J connectivity index is 3.00. The molecular weight excluding hydrogens is 201 g/mol. The Labute approximate surface area is 76.4 Å². The summed E-state index contributed by atoms with van der Waals surface area (Å²) in [6, 6.07) is 0.890.